The van der Waals surface area contributed by atoms with Gasteiger partial charge < -0.3 is 5.11 Å². The van der Waals surface area contributed by atoms with Crippen LogP contribution in [0.15, 0.2) is 10.5 Å². The summed E-state index contributed by atoms with van der Waals surface area (Å²) in [5, 5.41) is 10.2. The van der Waals surface area contributed by atoms with Gasteiger partial charge in [-0.15, -0.1) is 11.3 Å². The minimum Gasteiger partial charge on any atom is -0.387 e. The van der Waals surface area contributed by atoms with Gasteiger partial charge in [-0.2, -0.15) is 0 Å². The maximum absolute atomic E-state index is 10.2. The summed E-state index contributed by atoms with van der Waals surface area (Å²) < 4.78 is 1.64. The van der Waals surface area contributed by atoms with Gasteiger partial charge in [-0.25, -0.2) is 0 Å². The van der Waals surface area contributed by atoms with Gasteiger partial charge in [0.25, 0.3) is 0 Å². The summed E-state index contributed by atoms with van der Waals surface area (Å²) >= 11 is 10.8. The van der Waals surface area contributed by atoms with Crippen LogP contribution in [0.1, 0.15) is 43.1 Å². The van der Waals surface area contributed by atoms with Crippen LogP contribution in [0.2, 0.25) is 4.34 Å². The highest BCUT2D eigenvalue weighted by atomic mass is 79.9. The van der Waals surface area contributed by atoms with E-state index in [4.69, 9.17) is 11.6 Å². The van der Waals surface area contributed by atoms with E-state index >= 15 is 0 Å². The van der Waals surface area contributed by atoms with Crippen molar-refractivity contribution in [2.75, 3.05) is 0 Å². The molecule has 84 valence electrons. The SMILES string of the molecule is OC(c1cc(Br)c(Cl)s1)C1CCCCC1. The van der Waals surface area contributed by atoms with E-state index in [9.17, 15) is 5.11 Å². The normalized spacial score (nSPS) is 20.5. The molecular formula is C11H14BrClOS. The zero-order valence-electron chi connectivity index (χ0n) is 8.38. The highest BCUT2D eigenvalue weighted by Gasteiger charge is 2.24. The van der Waals surface area contributed by atoms with Gasteiger partial charge in [-0.05, 0) is 40.8 Å². The first-order valence-electron chi connectivity index (χ1n) is 5.31. The second-order valence-electron chi connectivity index (χ2n) is 4.11. The van der Waals surface area contributed by atoms with Crippen LogP contribution in [0.4, 0.5) is 0 Å². The van der Waals surface area contributed by atoms with Crippen LogP contribution in [-0.4, -0.2) is 5.11 Å². The lowest BCUT2D eigenvalue weighted by atomic mass is 9.85. The van der Waals surface area contributed by atoms with Crippen molar-refractivity contribution in [3.05, 3.63) is 19.8 Å². The Bertz CT molecular complexity index is 314. The van der Waals surface area contributed by atoms with E-state index in [-0.39, 0.29) is 6.10 Å². The van der Waals surface area contributed by atoms with Crippen LogP contribution in [0.3, 0.4) is 0 Å². The maximum atomic E-state index is 10.2. The number of hydrogen-bond donors (Lipinski definition) is 1. The van der Waals surface area contributed by atoms with Gasteiger partial charge >= 0.3 is 0 Å². The summed E-state index contributed by atoms with van der Waals surface area (Å²) in [6, 6.07) is 1.95. The summed E-state index contributed by atoms with van der Waals surface area (Å²) in [7, 11) is 0. The fraction of sp³-hybridized carbons (Fsp3) is 0.636. The Hall–Kier alpha value is 0.430. The summed E-state index contributed by atoms with van der Waals surface area (Å²) in [5.41, 5.74) is 0. The molecular weight excluding hydrogens is 296 g/mol. The smallest absolute Gasteiger partial charge is 0.107 e. The van der Waals surface area contributed by atoms with Gasteiger partial charge in [0.2, 0.25) is 0 Å². The highest BCUT2D eigenvalue weighted by Crippen LogP contribution is 2.41. The molecule has 1 fully saturated rings. The van der Waals surface area contributed by atoms with Gasteiger partial charge in [-0.1, -0.05) is 30.9 Å². The summed E-state index contributed by atoms with van der Waals surface area (Å²) in [6.07, 6.45) is 5.80. The van der Waals surface area contributed by atoms with Crippen molar-refractivity contribution in [1.29, 1.82) is 0 Å². The van der Waals surface area contributed by atoms with E-state index in [0.717, 1.165) is 26.5 Å². The minimum absolute atomic E-state index is 0.320. The number of thiophene rings is 1. The first kappa shape index (κ1) is 11.9. The molecule has 0 radical (unpaired) electrons. The van der Waals surface area contributed by atoms with Crippen molar-refractivity contribution in [1.82, 2.24) is 0 Å². The Morgan fingerprint density at radius 1 is 1.40 bits per heavy atom. The Labute approximate surface area is 108 Å². The van der Waals surface area contributed by atoms with E-state index in [1.807, 2.05) is 6.07 Å². The van der Waals surface area contributed by atoms with Crippen LogP contribution in [0.25, 0.3) is 0 Å². The Balaban J connectivity index is 2.08. The van der Waals surface area contributed by atoms with Crippen molar-refractivity contribution in [2.45, 2.75) is 38.2 Å². The first-order valence-corrected chi connectivity index (χ1v) is 7.30. The number of rotatable bonds is 2. The third-order valence-corrected chi connectivity index (χ3v) is 5.60. The monoisotopic (exact) mass is 308 g/mol. The van der Waals surface area contributed by atoms with E-state index < -0.39 is 0 Å². The molecule has 1 saturated carbocycles. The fourth-order valence-electron chi connectivity index (χ4n) is 2.19. The second-order valence-corrected chi connectivity index (χ2v) is 6.65. The summed E-state index contributed by atoms with van der Waals surface area (Å²) in [4.78, 5) is 0.999. The van der Waals surface area contributed by atoms with Gasteiger partial charge in [0.1, 0.15) is 4.34 Å². The summed E-state index contributed by atoms with van der Waals surface area (Å²) in [5.74, 6) is 0.431. The zero-order chi connectivity index (χ0) is 10.8. The van der Waals surface area contributed by atoms with Crippen molar-refractivity contribution in [3.8, 4) is 0 Å². The second kappa shape index (κ2) is 5.17. The average molecular weight is 310 g/mol. The quantitative estimate of drug-likeness (QED) is 0.833. The molecule has 0 spiro atoms. The molecule has 1 aliphatic carbocycles. The van der Waals surface area contributed by atoms with Crippen molar-refractivity contribution >= 4 is 38.9 Å². The molecule has 4 heteroatoms. The molecule has 0 aliphatic heterocycles. The molecule has 1 unspecified atom stereocenters. The molecule has 0 saturated heterocycles. The largest absolute Gasteiger partial charge is 0.387 e. The minimum atomic E-state index is -0.320. The van der Waals surface area contributed by atoms with Crippen molar-refractivity contribution in [3.63, 3.8) is 0 Å². The van der Waals surface area contributed by atoms with E-state index in [1.165, 1.54) is 30.6 Å². The number of hydrogen-bond acceptors (Lipinski definition) is 2. The Morgan fingerprint density at radius 3 is 2.60 bits per heavy atom. The zero-order valence-corrected chi connectivity index (χ0v) is 11.5. The van der Waals surface area contributed by atoms with Crippen LogP contribution < -0.4 is 0 Å². The van der Waals surface area contributed by atoms with Crippen LogP contribution in [0, 0.1) is 5.92 Å². The summed E-state index contributed by atoms with van der Waals surface area (Å²) in [6.45, 7) is 0. The lowest BCUT2D eigenvalue weighted by molar-refractivity contribution is 0.0879. The third-order valence-electron chi connectivity index (χ3n) is 3.05. The first-order chi connectivity index (χ1) is 7.18. The molecule has 1 aliphatic rings. The number of aliphatic hydroxyl groups excluding tert-OH is 1. The molecule has 15 heavy (non-hydrogen) atoms. The maximum Gasteiger partial charge on any atom is 0.107 e. The van der Waals surface area contributed by atoms with Crippen LogP contribution >= 0.6 is 38.9 Å². The molecule has 1 nitrogen and oxygen atoms in total. The van der Waals surface area contributed by atoms with E-state index in [1.54, 1.807) is 0 Å². The molecule has 0 aromatic carbocycles. The predicted octanol–water partition coefficient (Wildman–Crippen LogP) is 4.78. The predicted molar refractivity (Wildman–Crippen MR) is 68.6 cm³/mol. The van der Waals surface area contributed by atoms with Gasteiger partial charge in [-0.3, -0.25) is 0 Å². The Morgan fingerprint density at radius 2 is 2.07 bits per heavy atom. The van der Waals surface area contributed by atoms with Gasteiger partial charge in [0.15, 0.2) is 0 Å². The third kappa shape index (κ3) is 2.76. The molecule has 1 heterocycles. The lowest BCUT2D eigenvalue weighted by Gasteiger charge is -2.25. The molecule has 2 rings (SSSR count). The molecule has 1 N–H and O–H groups in total. The van der Waals surface area contributed by atoms with Gasteiger partial charge in [0.05, 0.1) is 6.10 Å². The van der Waals surface area contributed by atoms with Gasteiger partial charge in [0, 0.05) is 9.35 Å². The van der Waals surface area contributed by atoms with E-state index in [2.05, 4.69) is 15.9 Å². The van der Waals surface area contributed by atoms with Crippen molar-refractivity contribution < 1.29 is 5.11 Å². The molecule has 1 aromatic rings. The Kier molecular flexibility index (Phi) is 4.10. The highest BCUT2D eigenvalue weighted by molar-refractivity contribution is 9.10. The van der Waals surface area contributed by atoms with Crippen LogP contribution in [0.5, 0.6) is 0 Å². The molecule has 1 atom stereocenters. The molecule has 1 aromatic heterocycles. The lowest BCUT2D eigenvalue weighted by Crippen LogP contribution is -2.14. The van der Waals surface area contributed by atoms with E-state index in [0.29, 0.717) is 5.92 Å². The van der Waals surface area contributed by atoms with Crippen LogP contribution in [-0.2, 0) is 0 Å². The average Bonchev–Trinajstić information content (AvgIpc) is 2.59. The number of halogens is 2. The standard InChI is InChI=1S/C11H14BrClOS/c12-8-6-9(15-11(8)13)10(14)7-4-2-1-3-5-7/h6-7,10,14H,1-5H2. The van der Waals surface area contributed by atoms with Crippen molar-refractivity contribution in [2.24, 2.45) is 5.92 Å². The topological polar surface area (TPSA) is 20.2 Å². The molecule has 0 bridgehead atoms. The fourth-order valence-corrected chi connectivity index (χ4v) is 4.01. The number of aliphatic hydroxyl groups is 1. The molecule has 0 amide bonds.